The van der Waals surface area contributed by atoms with Crippen molar-refractivity contribution in [3.8, 4) is 0 Å². The van der Waals surface area contributed by atoms with Crippen LogP contribution in [-0.4, -0.2) is 45.2 Å². The molecule has 1 saturated heterocycles. The van der Waals surface area contributed by atoms with E-state index in [1.807, 2.05) is 11.0 Å². The first kappa shape index (κ1) is 17.7. The third-order valence-electron chi connectivity index (χ3n) is 5.27. The molecule has 1 aromatic heterocycles. The second-order valence-corrected chi connectivity index (χ2v) is 10.3. The van der Waals surface area contributed by atoms with Gasteiger partial charge in [0.05, 0.1) is 17.1 Å². The molecule has 5 nitrogen and oxygen atoms in total. The van der Waals surface area contributed by atoms with Crippen LogP contribution in [0.3, 0.4) is 0 Å². The van der Waals surface area contributed by atoms with Gasteiger partial charge in [-0.25, -0.2) is 8.42 Å². The quantitative estimate of drug-likeness (QED) is 0.790. The zero-order valence-corrected chi connectivity index (χ0v) is 16.2. The van der Waals surface area contributed by atoms with Crippen LogP contribution in [0.2, 0.25) is 0 Å². The molecule has 1 aromatic carbocycles. The fraction of sp³-hybridized carbons (Fsp3) is 0.421. The molecule has 4 rings (SSSR count). The van der Waals surface area contributed by atoms with Gasteiger partial charge in [-0.1, -0.05) is 24.3 Å². The maximum atomic E-state index is 12.8. The van der Waals surface area contributed by atoms with Crippen LogP contribution in [0.5, 0.6) is 0 Å². The topological polar surface area (TPSA) is 63.7 Å². The smallest absolute Gasteiger partial charge is 0.263 e. The highest BCUT2D eigenvalue weighted by Crippen LogP contribution is 2.41. The molecule has 1 fully saturated rings. The lowest BCUT2D eigenvalue weighted by molar-refractivity contribution is -0.0934. The Balaban J connectivity index is 1.51. The summed E-state index contributed by atoms with van der Waals surface area (Å²) in [6.07, 6.45) is 3.62. The minimum absolute atomic E-state index is 0.0937. The zero-order chi connectivity index (χ0) is 18.4. The Kier molecular flexibility index (Phi) is 4.41. The molecule has 138 valence electrons. The van der Waals surface area contributed by atoms with E-state index in [9.17, 15) is 13.2 Å². The van der Waals surface area contributed by atoms with Crippen LogP contribution < -0.4 is 0 Å². The van der Waals surface area contributed by atoms with E-state index in [-0.39, 0.29) is 15.7 Å². The zero-order valence-electron chi connectivity index (χ0n) is 14.6. The number of piperidine rings is 1. The number of hydrogen-bond acceptors (Lipinski definition) is 5. The number of nitrogens with zero attached hydrogens (tertiary/aromatic N) is 1. The summed E-state index contributed by atoms with van der Waals surface area (Å²) < 4.78 is 29.7. The van der Waals surface area contributed by atoms with Gasteiger partial charge in [0.25, 0.3) is 5.91 Å². The largest absolute Gasteiger partial charge is 0.370 e. The molecule has 0 aliphatic carbocycles. The lowest BCUT2D eigenvalue weighted by Gasteiger charge is -2.45. The molecular weight excluding hydrogens is 370 g/mol. The van der Waals surface area contributed by atoms with Crippen molar-refractivity contribution in [2.24, 2.45) is 0 Å². The molecule has 1 amide bonds. The van der Waals surface area contributed by atoms with Crippen molar-refractivity contribution in [1.82, 2.24) is 4.90 Å². The standard InChI is InChI=1S/C19H21NO4S2/c1-26(22,23)17-7-6-16(25-17)18(21)20-11-9-19(10-12-20)15-5-3-2-4-14(15)8-13-24-19/h2-7H,8-13H2,1H3. The van der Waals surface area contributed by atoms with E-state index in [0.29, 0.717) is 24.6 Å². The summed E-state index contributed by atoms with van der Waals surface area (Å²) in [5.41, 5.74) is 2.31. The summed E-state index contributed by atoms with van der Waals surface area (Å²) in [7, 11) is -3.27. The van der Waals surface area contributed by atoms with Crippen molar-refractivity contribution in [2.75, 3.05) is 26.0 Å². The van der Waals surface area contributed by atoms with E-state index in [2.05, 4.69) is 18.2 Å². The Morgan fingerprint density at radius 3 is 2.58 bits per heavy atom. The van der Waals surface area contributed by atoms with Crippen LogP contribution in [0.1, 0.15) is 33.6 Å². The molecule has 0 N–H and O–H groups in total. The molecule has 0 saturated carbocycles. The van der Waals surface area contributed by atoms with E-state index < -0.39 is 9.84 Å². The number of carbonyl (C=O) groups is 1. The van der Waals surface area contributed by atoms with Crippen LogP contribution in [0, 0.1) is 0 Å². The number of amides is 1. The predicted molar refractivity (Wildman–Crippen MR) is 100 cm³/mol. The number of hydrogen-bond donors (Lipinski definition) is 0. The van der Waals surface area contributed by atoms with Crippen molar-refractivity contribution in [3.05, 3.63) is 52.4 Å². The molecule has 0 atom stereocenters. The summed E-state index contributed by atoms with van der Waals surface area (Å²) >= 11 is 1.05. The summed E-state index contributed by atoms with van der Waals surface area (Å²) in [6.45, 7) is 1.94. The van der Waals surface area contributed by atoms with Crippen LogP contribution >= 0.6 is 11.3 Å². The summed E-state index contributed by atoms with van der Waals surface area (Å²) in [5.74, 6) is -0.0937. The number of rotatable bonds is 2. The van der Waals surface area contributed by atoms with Crippen molar-refractivity contribution < 1.29 is 17.9 Å². The van der Waals surface area contributed by atoms with Gasteiger partial charge in [0.1, 0.15) is 4.21 Å². The Labute approximate surface area is 157 Å². The fourth-order valence-electron chi connectivity index (χ4n) is 3.89. The van der Waals surface area contributed by atoms with Crippen molar-refractivity contribution in [3.63, 3.8) is 0 Å². The summed E-state index contributed by atoms with van der Waals surface area (Å²) in [6, 6.07) is 11.5. The fourth-order valence-corrected chi connectivity index (χ4v) is 5.79. The maximum absolute atomic E-state index is 12.8. The highest BCUT2D eigenvalue weighted by molar-refractivity contribution is 7.92. The second-order valence-electron chi connectivity index (χ2n) is 6.93. The molecule has 2 aromatic rings. The third-order valence-corrected chi connectivity index (χ3v) is 8.17. The van der Waals surface area contributed by atoms with E-state index in [1.54, 1.807) is 6.07 Å². The van der Waals surface area contributed by atoms with Crippen molar-refractivity contribution in [2.45, 2.75) is 29.1 Å². The highest BCUT2D eigenvalue weighted by Gasteiger charge is 2.41. The molecule has 0 bridgehead atoms. The minimum atomic E-state index is -3.27. The van der Waals surface area contributed by atoms with E-state index >= 15 is 0 Å². The van der Waals surface area contributed by atoms with Gasteiger partial charge >= 0.3 is 0 Å². The average Bonchev–Trinajstić information content (AvgIpc) is 3.13. The van der Waals surface area contributed by atoms with Gasteiger partial charge in [-0.05, 0) is 42.5 Å². The molecule has 0 radical (unpaired) electrons. The van der Waals surface area contributed by atoms with Gasteiger partial charge in [-0.3, -0.25) is 4.79 Å². The first-order valence-corrected chi connectivity index (χ1v) is 11.4. The van der Waals surface area contributed by atoms with E-state index in [0.717, 1.165) is 36.9 Å². The molecule has 2 aliphatic rings. The Bertz CT molecular complexity index is 940. The molecule has 1 spiro atoms. The number of benzene rings is 1. The Hall–Kier alpha value is -1.70. The number of sulfone groups is 1. The SMILES string of the molecule is CS(=O)(=O)c1ccc(C(=O)N2CCC3(CC2)OCCc2ccccc23)s1. The lowest BCUT2D eigenvalue weighted by Crippen LogP contribution is -2.48. The number of ether oxygens (including phenoxy) is 1. The summed E-state index contributed by atoms with van der Waals surface area (Å²) in [5, 5.41) is 0. The van der Waals surface area contributed by atoms with Gasteiger partial charge in [-0.15, -0.1) is 11.3 Å². The number of thiophene rings is 1. The Morgan fingerprint density at radius 2 is 1.88 bits per heavy atom. The predicted octanol–water partition coefficient (Wildman–Crippen LogP) is 2.86. The molecule has 26 heavy (non-hydrogen) atoms. The van der Waals surface area contributed by atoms with Gasteiger partial charge in [0.2, 0.25) is 0 Å². The third kappa shape index (κ3) is 3.08. The van der Waals surface area contributed by atoms with Crippen molar-refractivity contribution in [1.29, 1.82) is 0 Å². The van der Waals surface area contributed by atoms with Crippen LogP contribution in [0.4, 0.5) is 0 Å². The van der Waals surface area contributed by atoms with Gasteiger partial charge in [0.15, 0.2) is 9.84 Å². The van der Waals surface area contributed by atoms with E-state index in [1.165, 1.54) is 17.2 Å². The van der Waals surface area contributed by atoms with Crippen LogP contribution in [-0.2, 0) is 26.6 Å². The maximum Gasteiger partial charge on any atom is 0.263 e. The monoisotopic (exact) mass is 391 g/mol. The normalized spacial score (nSPS) is 19.3. The van der Waals surface area contributed by atoms with Crippen LogP contribution in [0.25, 0.3) is 0 Å². The highest BCUT2D eigenvalue weighted by atomic mass is 32.2. The molecule has 0 unspecified atom stereocenters. The summed E-state index contributed by atoms with van der Waals surface area (Å²) in [4.78, 5) is 15.0. The number of fused-ring (bicyclic) bond motifs is 2. The molecule has 7 heteroatoms. The van der Waals surface area contributed by atoms with Crippen molar-refractivity contribution >= 4 is 27.1 Å². The van der Waals surface area contributed by atoms with Gasteiger partial charge < -0.3 is 9.64 Å². The first-order valence-electron chi connectivity index (χ1n) is 8.71. The molecule has 3 heterocycles. The molecular formula is C19H21NO4S2. The average molecular weight is 392 g/mol. The van der Waals surface area contributed by atoms with Gasteiger partial charge in [-0.2, -0.15) is 0 Å². The number of carbonyl (C=O) groups excluding carboxylic acids is 1. The first-order chi connectivity index (χ1) is 12.4. The molecule has 2 aliphatic heterocycles. The second kappa shape index (κ2) is 6.48. The van der Waals surface area contributed by atoms with Crippen LogP contribution in [0.15, 0.2) is 40.6 Å². The minimum Gasteiger partial charge on any atom is -0.370 e. The lowest BCUT2D eigenvalue weighted by atomic mass is 9.79. The number of likely N-dealkylation sites (tertiary alicyclic amines) is 1. The Morgan fingerprint density at radius 1 is 1.15 bits per heavy atom. The van der Waals surface area contributed by atoms with E-state index in [4.69, 9.17) is 4.74 Å². The van der Waals surface area contributed by atoms with Gasteiger partial charge in [0, 0.05) is 19.3 Å².